The van der Waals surface area contributed by atoms with Crippen LogP contribution in [0.15, 0.2) is 18.5 Å². The molecule has 1 aromatic rings. The highest BCUT2D eigenvalue weighted by atomic mass is 32.2. The number of methoxy groups -OCH3 is 1. The number of likely N-dealkylation sites (tertiary alicyclic amines) is 1. The molecule has 0 radical (unpaired) electrons. The normalized spacial score (nSPS) is 38.2. The van der Waals surface area contributed by atoms with Gasteiger partial charge in [0.1, 0.15) is 5.82 Å². The zero-order valence-corrected chi connectivity index (χ0v) is 19.5. The fraction of sp³-hybridized carbons (Fsp3) is 0.773. The van der Waals surface area contributed by atoms with Gasteiger partial charge in [-0.15, -0.1) is 0 Å². The van der Waals surface area contributed by atoms with E-state index in [9.17, 15) is 13.2 Å². The summed E-state index contributed by atoms with van der Waals surface area (Å²) in [6.07, 6.45) is 11.2. The second kappa shape index (κ2) is 8.22. The molecule has 176 valence electrons. The molecule has 3 unspecified atom stereocenters. The Kier molecular flexibility index (Phi) is 5.66. The molecule has 4 aliphatic rings. The first-order valence-electron chi connectivity index (χ1n) is 11.5. The highest BCUT2D eigenvalue weighted by Gasteiger charge is 2.60. The van der Waals surface area contributed by atoms with Crippen LogP contribution in [-0.4, -0.2) is 73.6 Å². The first-order chi connectivity index (χ1) is 15.3. The van der Waals surface area contributed by atoms with Crippen molar-refractivity contribution in [3.05, 3.63) is 24.3 Å². The van der Waals surface area contributed by atoms with Crippen molar-refractivity contribution in [2.45, 2.75) is 74.6 Å². The highest BCUT2D eigenvalue weighted by molar-refractivity contribution is 7.88. The number of amides is 1. The number of fused-ring (bicyclic) bond motifs is 2. The molecule has 5 rings (SSSR count). The number of hydrogen-bond acceptors (Lipinski definition) is 7. The highest BCUT2D eigenvalue weighted by Crippen LogP contribution is 2.61. The van der Waals surface area contributed by atoms with Gasteiger partial charge in [0, 0.05) is 29.9 Å². The van der Waals surface area contributed by atoms with E-state index < -0.39 is 16.1 Å². The van der Waals surface area contributed by atoms with Gasteiger partial charge in [-0.2, -0.15) is 0 Å². The van der Waals surface area contributed by atoms with Gasteiger partial charge in [0.25, 0.3) is 0 Å². The number of nitrogens with one attached hydrogen (secondary N) is 1. The monoisotopic (exact) mass is 464 g/mol. The Bertz CT molecular complexity index is 960. The average molecular weight is 465 g/mol. The number of sulfonamides is 1. The van der Waals surface area contributed by atoms with Crippen LogP contribution in [0.5, 0.6) is 0 Å². The van der Waals surface area contributed by atoms with E-state index in [1.165, 1.54) is 13.4 Å². The summed E-state index contributed by atoms with van der Waals surface area (Å²) in [5.74, 6) is 1.56. The van der Waals surface area contributed by atoms with Crippen molar-refractivity contribution in [2.75, 3.05) is 20.0 Å². The Labute approximate surface area is 189 Å². The Hall–Kier alpha value is -1.78. The fourth-order valence-corrected chi connectivity index (χ4v) is 7.41. The predicted octanol–water partition coefficient (Wildman–Crippen LogP) is 1.84. The molecule has 2 heterocycles. The summed E-state index contributed by atoms with van der Waals surface area (Å²) in [5.41, 5.74) is 0.101. The molecule has 32 heavy (non-hydrogen) atoms. The summed E-state index contributed by atoms with van der Waals surface area (Å²) >= 11 is 0. The fourth-order valence-electron chi connectivity index (χ4n) is 6.59. The lowest BCUT2D eigenvalue weighted by molar-refractivity contribution is -0.0114. The third-order valence-electron chi connectivity index (χ3n) is 8.06. The van der Waals surface area contributed by atoms with Gasteiger partial charge >= 0.3 is 6.09 Å². The van der Waals surface area contributed by atoms with Crippen LogP contribution in [0.4, 0.5) is 4.79 Å². The molecule has 0 aromatic carbocycles. The Balaban J connectivity index is 1.27. The van der Waals surface area contributed by atoms with Crippen molar-refractivity contribution in [3.63, 3.8) is 0 Å². The summed E-state index contributed by atoms with van der Waals surface area (Å²) in [4.78, 5) is 23.4. The van der Waals surface area contributed by atoms with Gasteiger partial charge in [-0.05, 0) is 56.4 Å². The average Bonchev–Trinajstić information content (AvgIpc) is 3.20. The number of nitrogens with zero attached hydrogens (tertiary/aromatic N) is 3. The van der Waals surface area contributed by atoms with Gasteiger partial charge in [0.2, 0.25) is 10.0 Å². The molecule has 1 aliphatic heterocycles. The lowest BCUT2D eigenvalue weighted by atomic mass is 9.86. The van der Waals surface area contributed by atoms with Crippen LogP contribution >= 0.6 is 0 Å². The van der Waals surface area contributed by atoms with Crippen molar-refractivity contribution in [3.8, 4) is 0 Å². The molecule has 3 aliphatic carbocycles. The van der Waals surface area contributed by atoms with Crippen LogP contribution in [0.3, 0.4) is 0 Å². The maximum Gasteiger partial charge on any atom is 0.410 e. The molecular weight excluding hydrogens is 432 g/mol. The minimum Gasteiger partial charge on any atom is -0.453 e. The SMILES string of the molecule is COC(=O)N1[C@@H]2CCC[C@@H]2[C@H](NS(C)(=O)=O)[C@@H]1COC1CCC2(c3ncccn3)CC2C1. The number of carbonyl (C=O) groups is 1. The molecule has 10 heteroatoms. The minimum absolute atomic E-state index is 0.00651. The van der Waals surface area contributed by atoms with Crippen LogP contribution in [0, 0.1) is 11.8 Å². The molecule has 1 aromatic heterocycles. The van der Waals surface area contributed by atoms with Gasteiger partial charge < -0.3 is 9.47 Å². The van der Waals surface area contributed by atoms with E-state index in [2.05, 4.69) is 14.7 Å². The zero-order chi connectivity index (χ0) is 22.5. The third kappa shape index (κ3) is 3.90. The number of aromatic nitrogens is 2. The van der Waals surface area contributed by atoms with E-state index in [-0.39, 0.29) is 35.6 Å². The van der Waals surface area contributed by atoms with Crippen molar-refractivity contribution in [1.82, 2.24) is 19.6 Å². The van der Waals surface area contributed by atoms with Crippen LogP contribution < -0.4 is 4.72 Å². The van der Waals surface area contributed by atoms with Crippen molar-refractivity contribution < 1.29 is 22.7 Å². The number of hydrogen-bond donors (Lipinski definition) is 1. The second-order valence-corrected chi connectivity index (χ2v) is 11.7. The summed E-state index contributed by atoms with van der Waals surface area (Å²) in [5, 5.41) is 0. The lowest BCUT2D eigenvalue weighted by Gasteiger charge is -2.33. The quantitative estimate of drug-likeness (QED) is 0.684. The van der Waals surface area contributed by atoms with E-state index in [4.69, 9.17) is 9.47 Å². The first-order valence-corrected chi connectivity index (χ1v) is 13.4. The maximum atomic E-state index is 12.6. The van der Waals surface area contributed by atoms with Crippen LogP contribution in [0.25, 0.3) is 0 Å². The first kappa shape index (κ1) is 22.0. The minimum atomic E-state index is -3.42. The lowest BCUT2D eigenvalue weighted by Crippen LogP contribution is -2.51. The molecule has 3 saturated carbocycles. The Morgan fingerprint density at radius 3 is 2.75 bits per heavy atom. The standard InChI is InChI=1S/C22H32N4O5S/c1-30-21(27)26-17-6-3-5-16(17)19(25-32(2,28)29)18(26)13-31-15-7-8-22(12-14(22)11-15)20-23-9-4-10-24-20/h4,9-10,14-19,25H,3,5-8,11-13H2,1-2H3/t14?,15?,16-,17+,18-,19-,22?/m0/s1. The van der Waals surface area contributed by atoms with Crippen LogP contribution in [0.1, 0.15) is 50.8 Å². The number of carbonyl (C=O) groups excluding carboxylic acids is 1. The van der Waals surface area contributed by atoms with E-state index >= 15 is 0 Å². The van der Waals surface area contributed by atoms with Gasteiger partial charge in [-0.3, -0.25) is 4.90 Å². The van der Waals surface area contributed by atoms with E-state index in [0.717, 1.165) is 50.8 Å². The van der Waals surface area contributed by atoms with Gasteiger partial charge in [0.15, 0.2) is 0 Å². The third-order valence-corrected chi connectivity index (χ3v) is 8.76. The molecule has 7 atom stereocenters. The van der Waals surface area contributed by atoms with Crippen molar-refractivity contribution in [2.24, 2.45) is 11.8 Å². The summed E-state index contributed by atoms with van der Waals surface area (Å²) in [6, 6.07) is 1.12. The van der Waals surface area contributed by atoms with Crippen LogP contribution in [-0.2, 0) is 24.9 Å². The molecule has 0 bridgehead atoms. The Morgan fingerprint density at radius 2 is 2.06 bits per heavy atom. The van der Waals surface area contributed by atoms with Crippen molar-refractivity contribution in [1.29, 1.82) is 0 Å². The number of rotatable bonds is 6. The smallest absolute Gasteiger partial charge is 0.410 e. The zero-order valence-electron chi connectivity index (χ0n) is 18.6. The number of ether oxygens (including phenoxy) is 2. The molecule has 1 amide bonds. The van der Waals surface area contributed by atoms with Gasteiger partial charge in [-0.1, -0.05) is 6.42 Å². The van der Waals surface area contributed by atoms with Crippen molar-refractivity contribution >= 4 is 16.1 Å². The summed E-state index contributed by atoms with van der Waals surface area (Å²) in [7, 11) is -2.04. The molecule has 1 saturated heterocycles. The summed E-state index contributed by atoms with van der Waals surface area (Å²) < 4.78 is 38.4. The molecule has 4 fully saturated rings. The molecular formula is C22H32N4O5S. The predicted molar refractivity (Wildman–Crippen MR) is 116 cm³/mol. The van der Waals surface area contributed by atoms with E-state index in [1.54, 1.807) is 4.90 Å². The Morgan fingerprint density at radius 1 is 1.28 bits per heavy atom. The van der Waals surface area contributed by atoms with Gasteiger partial charge in [0.05, 0.1) is 32.1 Å². The van der Waals surface area contributed by atoms with E-state index in [1.807, 2.05) is 18.5 Å². The molecule has 1 N–H and O–H groups in total. The topological polar surface area (TPSA) is 111 Å². The van der Waals surface area contributed by atoms with E-state index in [0.29, 0.717) is 12.5 Å². The van der Waals surface area contributed by atoms with Crippen LogP contribution in [0.2, 0.25) is 0 Å². The maximum absolute atomic E-state index is 12.6. The molecule has 0 spiro atoms. The molecule has 9 nitrogen and oxygen atoms in total. The second-order valence-electron chi connectivity index (χ2n) is 9.88. The largest absolute Gasteiger partial charge is 0.453 e. The van der Waals surface area contributed by atoms with Gasteiger partial charge in [-0.25, -0.2) is 27.9 Å². The summed E-state index contributed by atoms with van der Waals surface area (Å²) in [6.45, 7) is 0.307.